The van der Waals surface area contributed by atoms with Gasteiger partial charge in [-0.2, -0.15) is 5.26 Å². The standard InChI is InChI=1S/C23H20ClN3O/c1-16-12-19(17(2)27(16)22-10-8-21(24)9-11-22)13-20(14-25)23(28)26-15-18-6-4-3-5-7-18/h3-13H,15H2,1-2H3,(H,26,28). The quantitative estimate of drug-likeness (QED) is 0.494. The monoisotopic (exact) mass is 389 g/mol. The van der Waals surface area contributed by atoms with Crippen molar-refractivity contribution in [2.24, 2.45) is 0 Å². The molecule has 2 aromatic carbocycles. The van der Waals surface area contributed by atoms with Gasteiger partial charge in [0.15, 0.2) is 0 Å². The van der Waals surface area contributed by atoms with Crippen LogP contribution in [0.5, 0.6) is 0 Å². The lowest BCUT2D eigenvalue weighted by atomic mass is 10.1. The van der Waals surface area contributed by atoms with Gasteiger partial charge in [0, 0.05) is 28.6 Å². The molecule has 0 bridgehead atoms. The fourth-order valence-electron chi connectivity index (χ4n) is 3.10. The SMILES string of the molecule is Cc1cc(C=C(C#N)C(=O)NCc2ccccc2)c(C)n1-c1ccc(Cl)cc1. The largest absolute Gasteiger partial charge is 0.347 e. The highest BCUT2D eigenvalue weighted by atomic mass is 35.5. The van der Waals surface area contributed by atoms with Gasteiger partial charge in [-0.1, -0.05) is 41.9 Å². The molecule has 0 aliphatic heterocycles. The third-order valence-electron chi connectivity index (χ3n) is 4.52. The molecule has 5 heteroatoms. The van der Waals surface area contributed by atoms with E-state index >= 15 is 0 Å². The van der Waals surface area contributed by atoms with E-state index in [0.29, 0.717) is 11.6 Å². The molecule has 1 aromatic heterocycles. The summed E-state index contributed by atoms with van der Waals surface area (Å²) in [7, 11) is 0. The summed E-state index contributed by atoms with van der Waals surface area (Å²) < 4.78 is 2.07. The highest BCUT2D eigenvalue weighted by molar-refractivity contribution is 6.30. The summed E-state index contributed by atoms with van der Waals surface area (Å²) in [5.74, 6) is -0.386. The van der Waals surface area contributed by atoms with E-state index in [1.165, 1.54) is 0 Å². The number of aromatic nitrogens is 1. The van der Waals surface area contributed by atoms with Crippen molar-refractivity contribution in [3.05, 3.63) is 93.8 Å². The van der Waals surface area contributed by atoms with Crippen LogP contribution < -0.4 is 5.32 Å². The zero-order valence-electron chi connectivity index (χ0n) is 15.7. The molecule has 0 fully saturated rings. The molecule has 0 aliphatic carbocycles. The molecule has 0 unspecified atom stereocenters. The molecule has 140 valence electrons. The summed E-state index contributed by atoms with van der Waals surface area (Å²) in [4.78, 5) is 12.4. The van der Waals surface area contributed by atoms with Crippen molar-refractivity contribution in [2.45, 2.75) is 20.4 Å². The summed E-state index contributed by atoms with van der Waals surface area (Å²) in [6.07, 6.45) is 1.63. The number of hydrogen-bond donors (Lipinski definition) is 1. The smallest absolute Gasteiger partial charge is 0.262 e. The fraction of sp³-hybridized carbons (Fsp3) is 0.130. The summed E-state index contributed by atoms with van der Waals surface area (Å²) in [6.45, 7) is 4.33. The highest BCUT2D eigenvalue weighted by Gasteiger charge is 2.13. The van der Waals surface area contributed by atoms with Crippen LogP contribution >= 0.6 is 11.6 Å². The van der Waals surface area contributed by atoms with Crippen LogP contribution in [0, 0.1) is 25.2 Å². The van der Waals surface area contributed by atoms with Crippen LogP contribution in [0.1, 0.15) is 22.5 Å². The molecule has 0 atom stereocenters. The second kappa shape index (κ2) is 8.60. The van der Waals surface area contributed by atoms with Crippen molar-refractivity contribution in [3.63, 3.8) is 0 Å². The molecular weight excluding hydrogens is 370 g/mol. The van der Waals surface area contributed by atoms with Gasteiger partial charge in [-0.05, 0) is 61.4 Å². The van der Waals surface area contributed by atoms with Gasteiger partial charge in [-0.15, -0.1) is 0 Å². The maximum atomic E-state index is 12.4. The minimum absolute atomic E-state index is 0.0762. The van der Waals surface area contributed by atoms with Crippen molar-refractivity contribution < 1.29 is 4.79 Å². The predicted molar refractivity (Wildman–Crippen MR) is 112 cm³/mol. The number of amides is 1. The Balaban J connectivity index is 1.84. The molecule has 0 saturated carbocycles. The van der Waals surface area contributed by atoms with Gasteiger partial charge in [0.2, 0.25) is 0 Å². The van der Waals surface area contributed by atoms with Crippen molar-refractivity contribution in [2.75, 3.05) is 0 Å². The fourth-order valence-corrected chi connectivity index (χ4v) is 3.22. The Kier molecular flexibility index (Phi) is 5.98. The topological polar surface area (TPSA) is 57.8 Å². The number of nitriles is 1. The van der Waals surface area contributed by atoms with Crippen molar-refractivity contribution >= 4 is 23.6 Å². The van der Waals surface area contributed by atoms with Crippen LogP contribution in [-0.2, 0) is 11.3 Å². The van der Waals surface area contributed by atoms with Gasteiger partial charge in [-0.3, -0.25) is 4.79 Å². The molecule has 3 aromatic rings. The summed E-state index contributed by atoms with van der Waals surface area (Å²) >= 11 is 5.98. The average molecular weight is 390 g/mol. The number of carbonyl (C=O) groups is 1. The number of nitrogens with one attached hydrogen (secondary N) is 1. The Morgan fingerprint density at radius 2 is 1.82 bits per heavy atom. The van der Waals surface area contributed by atoms with E-state index in [9.17, 15) is 10.1 Å². The Morgan fingerprint density at radius 1 is 1.14 bits per heavy atom. The molecule has 4 nitrogen and oxygen atoms in total. The van der Waals surface area contributed by atoms with E-state index < -0.39 is 0 Å². The normalized spacial score (nSPS) is 11.1. The van der Waals surface area contributed by atoms with Gasteiger partial charge in [0.1, 0.15) is 11.6 Å². The number of benzene rings is 2. The van der Waals surface area contributed by atoms with Gasteiger partial charge >= 0.3 is 0 Å². The first kappa shape index (κ1) is 19.5. The molecule has 3 rings (SSSR count). The predicted octanol–water partition coefficient (Wildman–Crippen LogP) is 4.97. The zero-order chi connectivity index (χ0) is 20.1. The Hall–Kier alpha value is -3.29. The van der Waals surface area contributed by atoms with Crippen LogP contribution in [0.3, 0.4) is 0 Å². The molecule has 1 amide bonds. The van der Waals surface area contributed by atoms with Crippen molar-refractivity contribution in [1.82, 2.24) is 9.88 Å². The van der Waals surface area contributed by atoms with E-state index in [4.69, 9.17) is 11.6 Å². The van der Waals surface area contributed by atoms with Crippen LogP contribution in [0.4, 0.5) is 0 Å². The van der Waals surface area contributed by atoms with Crippen LogP contribution in [0.15, 0.2) is 66.2 Å². The van der Waals surface area contributed by atoms with Gasteiger partial charge < -0.3 is 9.88 Å². The first-order chi connectivity index (χ1) is 13.5. The first-order valence-electron chi connectivity index (χ1n) is 8.88. The maximum absolute atomic E-state index is 12.4. The van der Waals surface area contributed by atoms with Gasteiger partial charge in [0.25, 0.3) is 5.91 Å². The van der Waals surface area contributed by atoms with E-state index in [2.05, 4.69) is 9.88 Å². The molecule has 0 aliphatic rings. The second-order valence-corrected chi connectivity index (χ2v) is 6.91. The molecule has 0 saturated heterocycles. The maximum Gasteiger partial charge on any atom is 0.262 e. The number of aryl methyl sites for hydroxylation is 1. The number of nitrogens with zero attached hydrogens (tertiary/aromatic N) is 2. The summed E-state index contributed by atoms with van der Waals surface area (Å²) in [6, 6.07) is 21.1. The van der Waals surface area contributed by atoms with E-state index in [1.54, 1.807) is 6.08 Å². The molecule has 28 heavy (non-hydrogen) atoms. The zero-order valence-corrected chi connectivity index (χ0v) is 16.5. The summed E-state index contributed by atoms with van der Waals surface area (Å²) in [5.41, 5.74) is 4.82. The minimum atomic E-state index is -0.386. The summed E-state index contributed by atoms with van der Waals surface area (Å²) in [5, 5.41) is 12.9. The average Bonchev–Trinajstić information content (AvgIpc) is 2.99. The molecular formula is C23H20ClN3O. The number of carbonyl (C=O) groups excluding carboxylic acids is 1. The van der Waals surface area contributed by atoms with Crippen molar-refractivity contribution in [3.8, 4) is 11.8 Å². The van der Waals surface area contributed by atoms with Crippen LogP contribution in [-0.4, -0.2) is 10.5 Å². The minimum Gasteiger partial charge on any atom is -0.347 e. The number of rotatable bonds is 5. The Labute approximate surface area is 169 Å². The number of hydrogen-bond acceptors (Lipinski definition) is 2. The van der Waals surface area contributed by atoms with Crippen LogP contribution in [0.2, 0.25) is 5.02 Å². The molecule has 0 radical (unpaired) electrons. The lowest BCUT2D eigenvalue weighted by molar-refractivity contribution is -0.117. The van der Waals surface area contributed by atoms with E-state index in [1.807, 2.05) is 80.6 Å². The Bertz CT molecular complexity index is 1060. The second-order valence-electron chi connectivity index (χ2n) is 6.48. The molecule has 1 heterocycles. The van der Waals surface area contributed by atoms with E-state index in [-0.39, 0.29) is 11.5 Å². The van der Waals surface area contributed by atoms with Crippen molar-refractivity contribution in [1.29, 1.82) is 5.26 Å². The lowest BCUT2D eigenvalue weighted by Crippen LogP contribution is -2.23. The number of halogens is 1. The highest BCUT2D eigenvalue weighted by Crippen LogP contribution is 2.24. The molecule has 0 spiro atoms. The van der Waals surface area contributed by atoms with Gasteiger partial charge in [-0.25, -0.2) is 0 Å². The third-order valence-corrected chi connectivity index (χ3v) is 4.77. The Morgan fingerprint density at radius 3 is 2.46 bits per heavy atom. The van der Waals surface area contributed by atoms with E-state index in [0.717, 1.165) is 28.2 Å². The van der Waals surface area contributed by atoms with Gasteiger partial charge in [0.05, 0.1) is 0 Å². The lowest BCUT2D eigenvalue weighted by Gasteiger charge is -2.09. The molecule has 1 N–H and O–H groups in total. The van der Waals surface area contributed by atoms with Crippen LogP contribution in [0.25, 0.3) is 11.8 Å². The first-order valence-corrected chi connectivity index (χ1v) is 9.26. The third kappa shape index (κ3) is 4.33.